The van der Waals surface area contributed by atoms with E-state index in [1.165, 1.54) is 30.5 Å². The number of aromatic nitrogens is 1. The molecule has 1 aliphatic rings. The van der Waals surface area contributed by atoms with Crippen LogP contribution in [0.3, 0.4) is 0 Å². The van der Waals surface area contributed by atoms with Crippen molar-refractivity contribution in [3.05, 3.63) is 125 Å². The topological polar surface area (TPSA) is 97.1 Å². The fraction of sp³-hybridized carbons (Fsp3) is 0.194. The van der Waals surface area contributed by atoms with Crippen molar-refractivity contribution in [3.63, 3.8) is 0 Å². The van der Waals surface area contributed by atoms with E-state index in [-0.39, 0.29) is 23.9 Å². The zero-order valence-electron chi connectivity index (χ0n) is 21.4. The van der Waals surface area contributed by atoms with E-state index < -0.39 is 35.4 Å². The predicted octanol–water partition coefficient (Wildman–Crippen LogP) is 5.16. The Bertz CT molecular complexity index is 1530. The lowest BCUT2D eigenvalue weighted by Crippen LogP contribution is -2.43. The minimum Gasteiger partial charge on any atom is -0.366 e. The molecule has 6 nitrogen and oxygen atoms in total. The van der Waals surface area contributed by atoms with Gasteiger partial charge in [-0.3, -0.25) is 19.9 Å². The number of nitrogens with one attached hydrogen (secondary N) is 2. The third kappa shape index (κ3) is 6.05. The summed E-state index contributed by atoms with van der Waals surface area (Å²) in [4.78, 5) is 29.8. The lowest BCUT2D eigenvalue weighted by molar-refractivity contribution is -0.123. The van der Waals surface area contributed by atoms with E-state index in [4.69, 9.17) is 5.73 Å². The summed E-state index contributed by atoms with van der Waals surface area (Å²) in [7, 11) is 0. The monoisotopic (exact) mass is 544 g/mol. The van der Waals surface area contributed by atoms with Crippen LogP contribution >= 0.6 is 0 Å². The van der Waals surface area contributed by atoms with Gasteiger partial charge in [0.2, 0.25) is 5.91 Å². The Labute approximate surface area is 229 Å². The molecule has 2 heterocycles. The predicted molar refractivity (Wildman–Crippen MR) is 144 cm³/mol. The minimum absolute atomic E-state index is 0.0181. The normalized spacial score (nSPS) is 17.4. The van der Waals surface area contributed by atoms with E-state index >= 15 is 0 Å². The first-order valence-electron chi connectivity index (χ1n) is 12.9. The van der Waals surface area contributed by atoms with Gasteiger partial charge in [-0.05, 0) is 66.3 Å². The molecule has 3 atom stereocenters. The lowest BCUT2D eigenvalue weighted by atomic mass is 9.94. The average molecular weight is 545 g/mol. The summed E-state index contributed by atoms with van der Waals surface area (Å²) >= 11 is 0. The zero-order valence-corrected chi connectivity index (χ0v) is 21.4. The highest BCUT2D eigenvalue weighted by atomic mass is 19.1. The highest BCUT2D eigenvalue weighted by Gasteiger charge is 2.32. The van der Waals surface area contributed by atoms with Crippen molar-refractivity contribution < 1.29 is 22.8 Å². The Morgan fingerprint density at radius 2 is 1.70 bits per heavy atom. The smallest absolute Gasteiger partial charge is 0.251 e. The molecule has 0 aliphatic carbocycles. The molecule has 0 radical (unpaired) electrons. The standard InChI is InChI=1S/C31H27F3N4O2/c32-21-13-18(14-22(33)17-21)15-28(38-31(40)27-11-10-26(37-27)19-5-2-1-3-6-19)29-23(7-4-12-36-29)20-8-9-25(34)24(16-20)30(35)39/h1-9,12-14,16-17,26-28,37H,10-11,15H2,(H2,35,39)(H,38,40)/t26-,27+,28+/m1/s1. The Hall–Kier alpha value is -4.50. The van der Waals surface area contributed by atoms with Crippen molar-refractivity contribution in [2.24, 2.45) is 5.73 Å². The number of pyridine rings is 1. The van der Waals surface area contributed by atoms with E-state index in [0.717, 1.165) is 24.1 Å². The van der Waals surface area contributed by atoms with E-state index in [1.54, 1.807) is 12.1 Å². The number of benzene rings is 3. The third-order valence-electron chi connectivity index (χ3n) is 7.05. The van der Waals surface area contributed by atoms with Crippen LogP contribution in [0.15, 0.2) is 85.1 Å². The Kier molecular flexibility index (Phi) is 7.93. The number of carbonyl (C=O) groups is 2. The fourth-order valence-electron chi connectivity index (χ4n) is 5.17. The van der Waals surface area contributed by atoms with Crippen molar-refractivity contribution in [1.29, 1.82) is 0 Å². The number of rotatable bonds is 8. The highest BCUT2D eigenvalue weighted by molar-refractivity contribution is 5.94. The maximum atomic E-state index is 14.2. The average Bonchev–Trinajstić information content (AvgIpc) is 3.44. The van der Waals surface area contributed by atoms with E-state index in [9.17, 15) is 22.8 Å². The molecule has 4 aromatic rings. The van der Waals surface area contributed by atoms with Crippen LogP contribution in [0.1, 0.15) is 52.1 Å². The Balaban J connectivity index is 1.48. The summed E-state index contributed by atoms with van der Waals surface area (Å²) < 4.78 is 42.3. The van der Waals surface area contributed by atoms with Gasteiger partial charge in [-0.25, -0.2) is 13.2 Å². The second-order valence-corrected chi connectivity index (χ2v) is 9.80. The molecule has 0 bridgehead atoms. The SMILES string of the molecule is NC(=O)c1cc(-c2cccnc2[C@H](Cc2cc(F)cc(F)c2)NC(=O)[C@@H]2CC[C@H](c3ccccc3)N2)ccc1F. The quantitative estimate of drug-likeness (QED) is 0.286. The van der Waals surface area contributed by atoms with E-state index in [1.807, 2.05) is 30.3 Å². The summed E-state index contributed by atoms with van der Waals surface area (Å²) in [5.41, 5.74) is 7.81. The van der Waals surface area contributed by atoms with Crippen LogP contribution in [0, 0.1) is 17.5 Å². The van der Waals surface area contributed by atoms with Gasteiger partial charge < -0.3 is 11.1 Å². The van der Waals surface area contributed by atoms with Gasteiger partial charge in [0.1, 0.15) is 17.5 Å². The van der Waals surface area contributed by atoms with Gasteiger partial charge in [-0.1, -0.05) is 42.5 Å². The maximum Gasteiger partial charge on any atom is 0.251 e. The van der Waals surface area contributed by atoms with Crippen molar-refractivity contribution in [3.8, 4) is 11.1 Å². The summed E-state index contributed by atoms with van der Waals surface area (Å²) in [6, 6.07) is 19.0. The molecule has 2 amide bonds. The summed E-state index contributed by atoms with van der Waals surface area (Å²) in [5, 5.41) is 6.39. The van der Waals surface area contributed by atoms with Crippen LogP contribution in [0.5, 0.6) is 0 Å². The molecule has 204 valence electrons. The van der Waals surface area contributed by atoms with Crippen molar-refractivity contribution in [2.45, 2.75) is 37.4 Å². The van der Waals surface area contributed by atoms with Crippen LogP contribution in [-0.2, 0) is 11.2 Å². The van der Waals surface area contributed by atoms with Gasteiger partial charge in [0.25, 0.3) is 5.91 Å². The van der Waals surface area contributed by atoms with Crippen molar-refractivity contribution in [1.82, 2.24) is 15.6 Å². The molecule has 3 aromatic carbocycles. The molecule has 0 spiro atoms. The molecule has 0 saturated carbocycles. The van der Waals surface area contributed by atoms with E-state index in [2.05, 4.69) is 15.6 Å². The summed E-state index contributed by atoms with van der Waals surface area (Å²) in [6.07, 6.45) is 2.93. The molecule has 0 unspecified atom stereocenters. The molecule has 4 N–H and O–H groups in total. The second kappa shape index (κ2) is 11.7. The summed E-state index contributed by atoms with van der Waals surface area (Å²) in [6.45, 7) is 0. The number of primary amides is 1. The number of hydrogen-bond acceptors (Lipinski definition) is 4. The van der Waals surface area contributed by atoms with E-state index in [0.29, 0.717) is 28.8 Å². The molecule has 1 aromatic heterocycles. The van der Waals surface area contributed by atoms with Gasteiger partial charge in [-0.2, -0.15) is 0 Å². The number of carbonyl (C=O) groups excluding carboxylic acids is 2. The number of halogens is 3. The lowest BCUT2D eigenvalue weighted by Gasteiger charge is -2.24. The van der Waals surface area contributed by atoms with Crippen LogP contribution in [-0.4, -0.2) is 22.8 Å². The number of amides is 2. The largest absolute Gasteiger partial charge is 0.366 e. The number of nitrogens with zero attached hydrogens (tertiary/aromatic N) is 1. The molecule has 1 aliphatic heterocycles. The van der Waals surface area contributed by atoms with Gasteiger partial charge >= 0.3 is 0 Å². The highest BCUT2D eigenvalue weighted by Crippen LogP contribution is 2.31. The van der Waals surface area contributed by atoms with Crippen molar-refractivity contribution in [2.75, 3.05) is 0 Å². The van der Waals surface area contributed by atoms with Crippen molar-refractivity contribution >= 4 is 11.8 Å². The first-order valence-corrected chi connectivity index (χ1v) is 12.9. The van der Waals surface area contributed by atoms with Crippen LogP contribution < -0.4 is 16.4 Å². The first kappa shape index (κ1) is 27.1. The molecule has 1 fully saturated rings. The maximum absolute atomic E-state index is 14.2. The minimum atomic E-state index is -0.926. The van der Waals surface area contributed by atoms with Crippen LogP contribution in [0.4, 0.5) is 13.2 Å². The molecular weight excluding hydrogens is 517 g/mol. The van der Waals surface area contributed by atoms with Gasteiger partial charge in [0.15, 0.2) is 0 Å². The van der Waals surface area contributed by atoms with Crippen LogP contribution in [0.2, 0.25) is 0 Å². The van der Waals surface area contributed by atoms with Gasteiger partial charge in [-0.15, -0.1) is 0 Å². The molecule has 40 heavy (non-hydrogen) atoms. The third-order valence-corrected chi connectivity index (χ3v) is 7.05. The molecule has 9 heteroatoms. The Morgan fingerprint density at radius 1 is 0.950 bits per heavy atom. The Morgan fingerprint density at radius 3 is 2.42 bits per heavy atom. The first-order chi connectivity index (χ1) is 19.3. The molecular formula is C31H27F3N4O2. The number of nitrogens with two attached hydrogens (primary N) is 1. The fourth-order valence-corrected chi connectivity index (χ4v) is 5.17. The summed E-state index contributed by atoms with van der Waals surface area (Å²) in [5.74, 6) is -3.45. The van der Waals surface area contributed by atoms with Crippen LogP contribution in [0.25, 0.3) is 11.1 Å². The molecule has 1 saturated heterocycles. The molecule has 5 rings (SSSR count). The van der Waals surface area contributed by atoms with Gasteiger partial charge in [0, 0.05) is 23.9 Å². The van der Waals surface area contributed by atoms with Gasteiger partial charge in [0.05, 0.1) is 23.3 Å². The number of hydrogen-bond donors (Lipinski definition) is 3. The zero-order chi connectivity index (χ0) is 28.2. The second-order valence-electron chi connectivity index (χ2n) is 9.80.